The zero-order valence-corrected chi connectivity index (χ0v) is 10.8. The van der Waals surface area contributed by atoms with Crippen LogP contribution in [0.2, 0.25) is 0 Å². The van der Waals surface area contributed by atoms with Crippen molar-refractivity contribution >= 4 is 33.3 Å². The Bertz CT molecular complexity index is 406. The van der Waals surface area contributed by atoms with Crippen LogP contribution in [0.1, 0.15) is 13.8 Å². The van der Waals surface area contributed by atoms with Crippen LogP contribution >= 0.6 is 15.9 Å². The molecule has 0 bridgehead atoms. The van der Waals surface area contributed by atoms with Gasteiger partial charge in [0.15, 0.2) is 0 Å². The molecule has 0 fully saturated rings. The van der Waals surface area contributed by atoms with Crippen LogP contribution in [-0.2, 0) is 4.79 Å². The maximum absolute atomic E-state index is 11.1. The second kappa shape index (κ2) is 4.69. The van der Waals surface area contributed by atoms with E-state index in [-0.39, 0.29) is 5.91 Å². The SMILES string of the molecule is CC(C)(CNc1ncc(Br)cc1N)C(N)=O. The number of nitrogens with one attached hydrogen (secondary N) is 1. The van der Waals surface area contributed by atoms with Crippen molar-refractivity contribution in [3.63, 3.8) is 0 Å². The Hall–Kier alpha value is -1.30. The molecule has 0 spiro atoms. The fourth-order valence-corrected chi connectivity index (χ4v) is 1.34. The summed E-state index contributed by atoms with van der Waals surface area (Å²) >= 11 is 3.27. The summed E-state index contributed by atoms with van der Waals surface area (Å²) in [7, 11) is 0. The van der Waals surface area contributed by atoms with Crippen molar-refractivity contribution in [3.8, 4) is 0 Å². The quantitative estimate of drug-likeness (QED) is 0.779. The molecule has 0 atom stereocenters. The fourth-order valence-electron chi connectivity index (χ4n) is 0.994. The fraction of sp³-hybridized carbons (Fsp3) is 0.400. The summed E-state index contributed by atoms with van der Waals surface area (Å²) in [5.41, 5.74) is 10.9. The maximum Gasteiger partial charge on any atom is 0.224 e. The number of hydrogen-bond donors (Lipinski definition) is 3. The molecule has 1 aromatic rings. The monoisotopic (exact) mass is 286 g/mol. The van der Waals surface area contributed by atoms with Gasteiger partial charge in [0.05, 0.1) is 11.1 Å². The Labute approximate surface area is 103 Å². The molecule has 1 heterocycles. The standard InChI is InChI=1S/C10H15BrN4O/c1-10(2,9(13)16)5-15-8-7(12)3-6(11)4-14-8/h3-4H,5,12H2,1-2H3,(H2,13,16)(H,14,15). The number of rotatable bonds is 4. The van der Waals surface area contributed by atoms with Crippen LogP contribution in [0.15, 0.2) is 16.7 Å². The molecular weight excluding hydrogens is 272 g/mol. The minimum Gasteiger partial charge on any atom is -0.396 e. The number of hydrogen-bond acceptors (Lipinski definition) is 4. The number of anilines is 2. The van der Waals surface area contributed by atoms with Crippen molar-refractivity contribution < 1.29 is 4.79 Å². The lowest BCUT2D eigenvalue weighted by atomic mass is 9.93. The van der Waals surface area contributed by atoms with E-state index in [1.807, 2.05) is 0 Å². The third kappa shape index (κ3) is 3.10. The molecule has 16 heavy (non-hydrogen) atoms. The van der Waals surface area contributed by atoms with E-state index < -0.39 is 5.41 Å². The van der Waals surface area contributed by atoms with Gasteiger partial charge < -0.3 is 16.8 Å². The number of halogens is 1. The van der Waals surface area contributed by atoms with Crippen molar-refractivity contribution in [2.24, 2.45) is 11.1 Å². The van der Waals surface area contributed by atoms with Gasteiger partial charge in [0, 0.05) is 17.2 Å². The van der Waals surface area contributed by atoms with E-state index in [2.05, 4.69) is 26.2 Å². The second-order valence-corrected chi connectivity index (χ2v) is 5.11. The normalized spacial score (nSPS) is 11.2. The lowest BCUT2D eigenvalue weighted by molar-refractivity contribution is -0.125. The lowest BCUT2D eigenvalue weighted by Crippen LogP contribution is -2.37. The number of primary amides is 1. The largest absolute Gasteiger partial charge is 0.396 e. The van der Waals surface area contributed by atoms with E-state index in [4.69, 9.17) is 11.5 Å². The van der Waals surface area contributed by atoms with Crippen molar-refractivity contribution in [3.05, 3.63) is 16.7 Å². The van der Waals surface area contributed by atoms with Crippen molar-refractivity contribution in [1.82, 2.24) is 4.98 Å². The first-order valence-electron chi connectivity index (χ1n) is 4.78. The summed E-state index contributed by atoms with van der Waals surface area (Å²) in [6.07, 6.45) is 1.63. The van der Waals surface area contributed by atoms with Crippen LogP contribution in [-0.4, -0.2) is 17.4 Å². The number of nitrogens with two attached hydrogens (primary N) is 2. The number of nitrogens with zero attached hydrogens (tertiary/aromatic N) is 1. The summed E-state index contributed by atoms with van der Waals surface area (Å²) in [5, 5.41) is 3.00. The molecule has 5 N–H and O–H groups in total. The van der Waals surface area contributed by atoms with Gasteiger partial charge in [-0.25, -0.2) is 4.98 Å². The van der Waals surface area contributed by atoms with Crippen molar-refractivity contribution in [2.75, 3.05) is 17.6 Å². The first-order valence-corrected chi connectivity index (χ1v) is 5.57. The summed E-state index contributed by atoms with van der Waals surface area (Å²) in [4.78, 5) is 15.2. The Morgan fingerprint density at radius 2 is 2.25 bits per heavy atom. The first kappa shape index (κ1) is 12.8. The Balaban J connectivity index is 2.72. The Morgan fingerprint density at radius 3 is 2.75 bits per heavy atom. The molecule has 6 heteroatoms. The van der Waals surface area contributed by atoms with E-state index in [0.717, 1.165) is 4.47 Å². The minimum absolute atomic E-state index is 0.365. The zero-order valence-electron chi connectivity index (χ0n) is 9.25. The number of pyridine rings is 1. The third-order valence-electron chi connectivity index (χ3n) is 2.25. The highest BCUT2D eigenvalue weighted by atomic mass is 79.9. The molecule has 0 saturated carbocycles. The molecule has 1 amide bonds. The first-order chi connectivity index (χ1) is 7.33. The van der Waals surface area contributed by atoms with Gasteiger partial charge in [-0.05, 0) is 35.8 Å². The Morgan fingerprint density at radius 1 is 1.62 bits per heavy atom. The van der Waals surface area contributed by atoms with Gasteiger partial charge in [0.1, 0.15) is 5.82 Å². The van der Waals surface area contributed by atoms with E-state index in [1.54, 1.807) is 26.1 Å². The molecule has 5 nitrogen and oxygen atoms in total. The summed E-state index contributed by atoms with van der Waals surface area (Å²) in [6, 6.07) is 1.74. The second-order valence-electron chi connectivity index (χ2n) is 4.19. The summed E-state index contributed by atoms with van der Waals surface area (Å²) in [6.45, 7) is 3.91. The Kier molecular flexibility index (Phi) is 3.74. The smallest absolute Gasteiger partial charge is 0.224 e. The average molecular weight is 287 g/mol. The number of carbonyl (C=O) groups excluding carboxylic acids is 1. The van der Waals surface area contributed by atoms with E-state index in [0.29, 0.717) is 18.1 Å². The van der Waals surface area contributed by atoms with Gasteiger partial charge in [0.25, 0.3) is 0 Å². The number of amides is 1. The highest BCUT2D eigenvalue weighted by molar-refractivity contribution is 9.10. The van der Waals surface area contributed by atoms with E-state index in [9.17, 15) is 4.79 Å². The van der Waals surface area contributed by atoms with Crippen LogP contribution in [0, 0.1) is 5.41 Å². The topological polar surface area (TPSA) is 94.0 Å². The molecule has 0 radical (unpaired) electrons. The molecular formula is C10H15BrN4O. The maximum atomic E-state index is 11.1. The molecule has 1 rings (SSSR count). The molecule has 0 aliphatic heterocycles. The molecule has 0 aromatic carbocycles. The van der Waals surface area contributed by atoms with Crippen LogP contribution in [0.4, 0.5) is 11.5 Å². The van der Waals surface area contributed by atoms with E-state index in [1.165, 1.54) is 0 Å². The van der Waals surface area contributed by atoms with Crippen LogP contribution in [0.3, 0.4) is 0 Å². The molecule has 0 aliphatic carbocycles. The van der Waals surface area contributed by atoms with Gasteiger partial charge in [-0.15, -0.1) is 0 Å². The van der Waals surface area contributed by atoms with Gasteiger partial charge in [0.2, 0.25) is 5.91 Å². The molecule has 0 aliphatic rings. The third-order valence-corrected chi connectivity index (χ3v) is 2.68. The molecule has 0 saturated heterocycles. The van der Waals surface area contributed by atoms with Crippen LogP contribution in [0.25, 0.3) is 0 Å². The van der Waals surface area contributed by atoms with Gasteiger partial charge in [-0.2, -0.15) is 0 Å². The molecule has 0 unspecified atom stereocenters. The predicted molar refractivity (Wildman–Crippen MR) is 67.8 cm³/mol. The number of nitrogen functional groups attached to an aromatic ring is 1. The van der Waals surface area contributed by atoms with Crippen LogP contribution < -0.4 is 16.8 Å². The van der Waals surface area contributed by atoms with Crippen molar-refractivity contribution in [1.29, 1.82) is 0 Å². The van der Waals surface area contributed by atoms with Gasteiger partial charge in [-0.3, -0.25) is 4.79 Å². The highest BCUT2D eigenvalue weighted by Crippen LogP contribution is 2.22. The number of aromatic nitrogens is 1. The van der Waals surface area contributed by atoms with Crippen molar-refractivity contribution in [2.45, 2.75) is 13.8 Å². The predicted octanol–water partition coefficient (Wildman–Crippen LogP) is 1.35. The van der Waals surface area contributed by atoms with Gasteiger partial charge >= 0.3 is 0 Å². The molecule has 1 aromatic heterocycles. The summed E-state index contributed by atoms with van der Waals surface area (Å²) in [5.74, 6) is 0.188. The highest BCUT2D eigenvalue weighted by Gasteiger charge is 2.24. The summed E-state index contributed by atoms with van der Waals surface area (Å²) < 4.78 is 0.810. The van der Waals surface area contributed by atoms with Gasteiger partial charge in [-0.1, -0.05) is 0 Å². The lowest BCUT2D eigenvalue weighted by Gasteiger charge is -2.21. The zero-order chi connectivity index (χ0) is 12.3. The molecule has 88 valence electrons. The van der Waals surface area contributed by atoms with Crippen LogP contribution in [0.5, 0.6) is 0 Å². The van der Waals surface area contributed by atoms with E-state index >= 15 is 0 Å². The number of carbonyl (C=O) groups is 1. The minimum atomic E-state index is -0.638. The average Bonchev–Trinajstić information content (AvgIpc) is 2.16.